The number of fused-ring (bicyclic) bond motifs is 1. The Balaban J connectivity index is 1.79. The van der Waals surface area contributed by atoms with Gasteiger partial charge in [-0.3, -0.25) is 0 Å². The van der Waals surface area contributed by atoms with Crippen LogP contribution in [0.2, 0.25) is 0 Å². The van der Waals surface area contributed by atoms with E-state index < -0.39 is 15.8 Å². The Hall–Kier alpha value is -1.22. The number of halogens is 1. The zero-order valence-electron chi connectivity index (χ0n) is 13.0. The van der Waals surface area contributed by atoms with Crippen LogP contribution in [0.15, 0.2) is 23.1 Å². The van der Waals surface area contributed by atoms with Crippen molar-refractivity contribution in [2.24, 2.45) is 11.8 Å². The quantitative estimate of drug-likeness (QED) is 0.838. The third-order valence-corrected chi connectivity index (χ3v) is 6.07. The number of nitrogens with one attached hydrogen (secondary N) is 1. The summed E-state index contributed by atoms with van der Waals surface area (Å²) in [5.74, 6) is -0.577. The summed E-state index contributed by atoms with van der Waals surface area (Å²) in [6.45, 7) is 1.05. The van der Waals surface area contributed by atoms with Crippen molar-refractivity contribution < 1.29 is 27.0 Å². The number of hydrogen-bond donors (Lipinski definition) is 1. The molecule has 0 spiro atoms. The van der Waals surface area contributed by atoms with Crippen molar-refractivity contribution in [2.75, 3.05) is 27.4 Å². The molecule has 1 N–H and O–H groups in total. The lowest BCUT2D eigenvalue weighted by atomic mass is 9.68. The summed E-state index contributed by atoms with van der Waals surface area (Å²) in [4.78, 5) is -0.116. The minimum absolute atomic E-state index is 0.00844. The van der Waals surface area contributed by atoms with Gasteiger partial charge in [0.05, 0.1) is 24.7 Å². The number of hydrogen-bond acceptors (Lipinski definition) is 5. The van der Waals surface area contributed by atoms with Gasteiger partial charge < -0.3 is 14.2 Å². The second-order valence-electron chi connectivity index (χ2n) is 5.85. The molecule has 0 unspecified atom stereocenters. The Kier molecular flexibility index (Phi) is 4.59. The fraction of sp³-hybridized carbons (Fsp3) is 0.600. The van der Waals surface area contributed by atoms with Gasteiger partial charge in [0.15, 0.2) is 11.6 Å². The van der Waals surface area contributed by atoms with Crippen LogP contribution in [0.1, 0.15) is 6.42 Å². The maximum atomic E-state index is 13.8. The Morgan fingerprint density at radius 3 is 2.83 bits per heavy atom. The molecule has 1 aromatic rings. The SMILES string of the molecule is COC[C@@H]1[C@@H](NS(=O)(=O)c2ccc(OC)c(F)c2)[C@@H]2CCO[C@H]12. The van der Waals surface area contributed by atoms with Crippen LogP contribution in [-0.4, -0.2) is 48.0 Å². The van der Waals surface area contributed by atoms with Gasteiger partial charge in [-0.05, 0) is 24.6 Å². The second kappa shape index (κ2) is 6.35. The van der Waals surface area contributed by atoms with Gasteiger partial charge in [0.25, 0.3) is 0 Å². The van der Waals surface area contributed by atoms with Crippen molar-refractivity contribution >= 4 is 10.0 Å². The number of ether oxygens (including phenoxy) is 3. The Morgan fingerprint density at radius 1 is 1.39 bits per heavy atom. The van der Waals surface area contributed by atoms with E-state index in [1.165, 1.54) is 19.2 Å². The van der Waals surface area contributed by atoms with Crippen LogP contribution < -0.4 is 9.46 Å². The summed E-state index contributed by atoms with van der Waals surface area (Å²) in [7, 11) is -0.910. The molecule has 1 aliphatic carbocycles. The first kappa shape index (κ1) is 16.6. The first-order chi connectivity index (χ1) is 11.0. The summed E-state index contributed by atoms with van der Waals surface area (Å²) in [5.41, 5.74) is 0. The molecule has 0 bridgehead atoms. The van der Waals surface area contributed by atoms with E-state index >= 15 is 0 Å². The molecule has 2 aliphatic rings. The van der Waals surface area contributed by atoms with E-state index in [0.717, 1.165) is 12.5 Å². The Labute approximate surface area is 135 Å². The highest BCUT2D eigenvalue weighted by Crippen LogP contribution is 2.44. The van der Waals surface area contributed by atoms with E-state index in [0.29, 0.717) is 13.2 Å². The summed E-state index contributed by atoms with van der Waals surface area (Å²) in [6.07, 6.45) is 0.852. The van der Waals surface area contributed by atoms with Crippen LogP contribution in [0, 0.1) is 17.7 Å². The smallest absolute Gasteiger partial charge is 0.240 e. The third kappa shape index (κ3) is 2.96. The molecule has 128 valence electrons. The number of sulfonamides is 1. The summed E-state index contributed by atoms with van der Waals surface area (Å²) in [6, 6.07) is 3.35. The molecular formula is C15H20FNO5S. The summed E-state index contributed by atoms with van der Waals surface area (Å²) >= 11 is 0. The fourth-order valence-corrected chi connectivity index (χ4v) is 4.81. The molecule has 2 fully saturated rings. The van der Waals surface area contributed by atoms with Gasteiger partial charge in [-0.1, -0.05) is 0 Å². The Bertz CT molecular complexity index is 680. The molecule has 6 nitrogen and oxygen atoms in total. The molecule has 1 aliphatic heterocycles. The predicted octanol–water partition coefficient (Wildman–Crippen LogP) is 1.16. The van der Waals surface area contributed by atoms with Crippen LogP contribution in [-0.2, 0) is 19.5 Å². The average Bonchev–Trinajstić information content (AvgIpc) is 2.95. The van der Waals surface area contributed by atoms with Crippen LogP contribution in [0.4, 0.5) is 4.39 Å². The molecule has 3 rings (SSSR count). The maximum Gasteiger partial charge on any atom is 0.240 e. The molecule has 1 saturated heterocycles. The first-order valence-electron chi connectivity index (χ1n) is 7.44. The van der Waals surface area contributed by atoms with E-state index in [9.17, 15) is 12.8 Å². The zero-order chi connectivity index (χ0) is 16.6. The van der Waals surface area contributed by atoms with Crippen molar-refractivity contribution in [1.82, 2.24) is 4.72 Å². The monoisotopic (exact) mass is 345 g/mol. The molecule has 0 amide bonds. The average molecular weight is 345 g/mol. The lowest BCUT2D eigenvalue weighted by molar-refractivity contribution is -0.0775. The third-order valence-electron chi connectivity index (χ3n) is 4.61. The van der Waals surface area contributed by atoms with Gasteiger partial charge in [-0.25, -0.2) is 17.5 Å². The van der Waals surface area contributed by atoms with Crippen LogP contribution in [0.25, 0.3) is 0 Å². The van der Waals surface area contributed by atoms with Gasteiger partial charge in [0.1, 0.15) is 0 Å². The molecule has 8 heteroatoms. The van der Waals surface area contributed by atoms with Crippen LogP contribution in [0.5, 0.6) is 5.75 Å². The van der Waals surface area contributed by atoms with Gasteiger partial charge in [-0.2, -0.15) is 0 Å². The number of rotatable bonds is 6. The fourth-order valence-electron chi connectivity index (χ4n) is 3.46. The summed E-state index contributed by atoms with van der Waals surface area (Å²) in [5, 5.41) is 0. The van der Waals surface area contributed by atoms with Crippen molar-refractivity contribution in [1.29, 1.82) is 0 Å². The molecule has 0 aromatic heterocycles. The molecular weight excluding hydrogens is 325 g/mol. The minimum atomic E-state index is -3.81. The van der Waals surface area contributed by atoms with Crippen molar-refractivity contribution in [3.05, 3.63) is 24.0 Å². The number of methoxy groups -OCH3 is 2. The van der Waals surface area contributed by atoms with Crippen LogP contribution >= 0.6 is 0 Å². The second-order valence-corrected chi connectivity index (χ2v) is 7.56. The van der Waals surface area contributed by atoms with Crippen molar-refractivity contribution in [3.63, 3.8) is 0 Å². The predicted molar refractivity (Wildman–Crippen MR) is 80.3 cm³/mol. The van der Waals surface area contributed by atoms with Crippen molar-refractivity contribution in [2.45, 2.75) is 23.5 Å². The highest BCUT2D eigenvalue weighted by Gasteiger charge is 2.54. The maximum absolute atomic E-state index is 13.8. The molecule has 23 heavy (non-hydrogen) atoms. The van der Waals surface area contributed by atoms with E-state index in [4.69, 9.17) is 14.2 Å². The highest BCUT2D eigenvalue weighted by atomic mass is 32.2. The molecule has 1 saturated carbocycles. The number of benzene rings is 1. The standard InChI is InChI=1S/C15H20FNO5S/c1-20-8-11-14(10-5-6-22-15(10)11)17-23(18,19)9-3-4-13(21-2)12(16)7-9/h3-4,7,10-11,14-15,17H,5-6,8H2,1-2H3/t10-,11+,14-,15-/m0/s1. The van der Waals surface area contributed by atoms with E-state index in [-0.39, 0.29) is 34.6 Å². The first-order valence-corrected chi connectivity index (χ1v) is 8.92. The Morgan fingerprint density at radius 2 is 2.17 bits per heavy atom. The topological polar surface area (TPSA) is 73.9 Å². The van der Waals surface area contributed by atoms with E-state index in [1.807, 2.05) is 0 Å². The van der Waals surface area contributed by atoms with Crippen molar-refractivity contribution in [3.8, 4) is 5.75 Å². The van der Waals surface area contributed by atoms with Gasteiger partial charge in [0.2, 0.25) is 10.0 Å². The molecule has 0 radical (unpaired) electrons. The highest BCUT2D eigenvalue weighted by molar-refractivity contribution is 7.89. The lowest BCUT2D eigenvalue weighted by Crippen LogP contribution is -2.62. The van der Waals surface area contributed by atoms with Gasteiger partial charge >= 0.3 is 0 Å². The lowest BCUT2D eigenvalue weighted by Gasteiger charge is -2.47. The van der Waals surface area contributed by atoms with Crippen LogP contribution in [0.3, 0.4) is 0 Å². The minimum Gasteiger partial charge on any atom is -0.494 e. The normalized spacial score (nSPS) is 29.9. The van der Waals surface area contributed by atoms with E-state index in [1.54, 1.807) is 7.11 Å². The summed E-state index contributed by atoms with van der Waals surface area (Å²) < 4.78 is 57.1. The largest absolute Gasteiger partial charge is 0.494 e. The van der Waals surface area contributed by atoms with E-state index in [2.05, 4.69) is 4.72 Å². The van der Waals surface area contributed by atoms with Gasteiger partial charge in [0, 0.05) is 31.6 Å². The molecule has 4 atom stereocenters. The van der Waals surface area contributed by atoms with Gasteiger partial charge in [-0.15, -0.1) is 0 Å². The molecule has 1 heterocycles. The zero-order valence-corrected chi connectivity index (χ0v) is 13.8. The molecule has 1 aromatic carbocycles.